The van der Waals surface area contributed by atoms with Crippen LogP contribution >= 0.6 is 11.3 Å². The second-order valence-electron chi connectivity index (χ2n) is 5.96. The van der Waals surface area contributed by atoms with Gasteiger partial charge in [-0.2, -0.15) is 0 Å². The molecule has 1 unspecified atom stereocenters. The lowest BCUT2D eigenvalue weighted by atomic mass is 10.2. The van der Waals surface area contributed by atoms with Crippen molar-refractivity contribution in [1.82, 2.24) is 15.2 Å². The van der Waals surface area contributed by atoms with Crippen molar-refractivity contribution in [1.29, 1.82) is 0 Å². The van der Waals surface area contributed by atoms with E-state index in [0.717, 1.165) is 48.0 Å². The van der Waals surface area contributed by atoms with Crippen LogP contribution in [0.15, 0.2) is 23.6 Å². The van der Waals surface area contributed by atoms with Crippen molar-refractivity contribution in [2.24, 2.45) is 0 Å². The van der Waals surface area contributed by atoms with Crippen molar-refractivity contribution < 1.29 is 14.3 Å². The summed E-state index contributed by atoms with van der Waals surface area (Å²) in [4.78, 5) is 19.3. The standard InChI is InChI=1S/C17H19N3O3S/c1-18-8-12-3-2-6-20(12)17(21)13-9-24-16(19-13)11-4-5-14-15(7-11)23-10-22-14/h4-5,7,9,12,18H,2-3,6,8,10H2,1H3. The molecule has 24 heavy (non-hydrogen) atoms. The number of likely N-dealkylation sites (tertiary alicyclic amines) is 1. The summed E-state index contributed by atoms with van der Waals surface area (Å²) in [6.07, 6.45) is 2.10. The van der Waals surface area contributed by atoms with Gasteiger partial charge in [0.1, 0.15) is 10.7 Å². The number of benzene rings is 1. The molecule has 0 aliphatic carbocycles. The van der Waals surface area contributed by atoms with E-state index in [1.165, 1.54) is 11.3 Å². The Morgan fingerprint density at radius 1 is 1.42 bits per heavy atom. The van der Waals surface area contributed by atoms with Crippen LogP contribution in [0.25, 0.3) is 10.6 Å². The Balaban J connectivity index is 1.55. The minimum absolute atomic E-state index is 0.0241. The van der Waals surface area contributed by atoms with E-state index in [4.69, 9.17) is 9.47 Å². The molecule has 1 fully saturated rings. The van der Waals surface area contributed by atoms with Gasteiger partial charge in [-0.25, -0.2) is 4.98 Å². The highest BCUT2D eigenvalue weighted by atomic mass is 32.1. The number of hydrogen-bond donors (Lipinski definition) is 1. The van der Waals surface area contributed by atoms with Gasteiger partial charge in [-0.15, -0.1) is 11.3 Å². The summed E-state index contributed by atoms with van der Waals surface area (Å²) in [5.74, 6) is 1.50. The van der Waals surface area contributed by atoms with Gasteiger partial charge in [0.2, 0.25) is 6.79 Å². The Bertz CT molecular complexity index is 761. The second kappa shape index (κ2) is 6.41. The number of likely N-dealkylation sites (N-methyl/N-ethyl adjacent to an activating group) is 1. The maximum atomic E-state index is 12.8. The largest absolute Gasteiger partial charge is 0.454 e. The molecule has 1 saturated heterocycles. The molecule has 6 nitrogen and oxygen atoms in total. The topological polar surface area (TPSA) is 63.7 Å². The highest BCUT2D eigenvalue weighted by molar-refractivity contribution is 7.13. The van der Waals surface area contributed by atoms with Gasteiger partial charge in [0, 0.05) is 30.1 Å². The van der Waals surface area contributed by atoms with E-state index in [2.05, 4.69) is 10.3 Å². The fourth-order valence-corrected chi connectivity index (χ4v) is 4.02. The minimum Gasteiger partial charge on any atom is -0.454 e. The summed E-state index contributed by atoms with van der Waals surface area (Å²) in [6.45, 7) is 1.88. The summed E-state index contributed by atoms with van der Waals surface area (Å²) in [6, 6.07) is 6.00. The molecule has 3 heterocycles. The van der Waals surface area contributed by atoms with Crippen LogP contribution < -0.4 is 14.8 Å². The molecule has 4 rings (SSSR count). The van der Waals surface area contributed by atoms with Gasteiger partial charge < -0.3 is 19.7 Å². The third-order valence-electron chi connectivity index (χ3n) is 4.42. The van der Waals surface area contributed by atoms with Crippen LogP contribution in [-0.4, -0.2) is 48.8 Å². The molecule has 1 atom stereocenters. The fourth-order valence-electron chi connectivity index (χ4n) is 3.23. The molecule has 2 aliphatic heterocycles. The van der Waals surface area contributed by atoms with E-state index < -0.39 is 0 Å². The monoisotopic (exact) mass is 345 g/mol. The first-order valence-corrected chi connectivity index (χ1v) is 8.95. The average molecular weight is 345 g/mol. The lowest BCUT2D eigenvalue weighted by Crippen LogP contribution is -2.40. The van der Waals surface area contributed by atoms with Crippen LogP contribution in [0.5, 0.6) is 11.5 Å². The molecule has 0 bridgehead atoms. The van der Waals surface area contributed by atoms with Crippen molar-refractivity contribution in [2.75, 3.05) is 26.9 Å². The smallest absolute Gasteiger partial charge is 0.273 e. The zero-order chi connectivity index (χ0) is 16.5. The maximum absolute atomic E-state index is 12.8. The summed E-state index contributed by atoms with van der Waals surface area (Å²) in [7, 11) is 1.92. The van der Waals surface area contributed by atoms with Gasteiger partial charge in [-0.1, -0.05) is 0 Å². The molecule has 0 radical (unpaired) electrons. The van der Waals surface area contributed by atoms with Gasteiger partial charge in [0.15, 0.2) is 11.5 Å². The fraction of sp³-hybridized carbons (Fsp3) is 0.412. The molecule has 1 amide bonds. The van der Waals surface area contributed by atoms with E-state index in [-0.39, 0.29) is 18.7 Å². The first kappa shape index (κ1) is 15.4. The molecule has 126 valence electrons. The zero-order valence-electron chi connectivity index (χ0n) is 13.4. The number of ether oxygens (including phenoxy) is 2. The molecule has 2 aliphatic rings. The van der Waals surface area contributed by atoms with E-state index in [1.54, 1.807) is 0 Å². The van der Waals surface area contributed by atoms with Crippen LogP contribution in [-0.2, 0) is 0 Å². The predicted octanol–water partition coefficient (Wildman–Crippen LogP) is 2.36. The lowest BCUT2D eigenvalue weighted by molar-refractivity contribution is 0.0732. The van der Waals surface area contributed by atoms with E-state index in [1.807, 2.05) is 35.5 Å². The van der Waals surface area contributed by atoms with E-state index in [9.17, 15) is 4.79 Å². The molecule has 0 saturated carbocycles. The van der Waals surface area contributed by atoms with Gasteiger partial charge in [0.25, 0.3) is 5.91 Å². The Kier molecular flexibility index (Phi) is 4.12. The van der Waals surface area contributed by atoms with Crippen molar-refractivity contribution in [3.8, 4) is 22.1 Å². The summed E-state index contributed by atoms with van der Waals surface area (Å²) >= 11 is 1.48. The summed E-state index contributed by atoms with van der Waals surface area (Å²) in [5.41, 5.74) is 1.46. The summed E-state index contributed by atoms with van der Waals surface area (Å²) in [5, 5.41) is 5.83. The van der Waals surface area contributed by atoms with Crippen LogP contribution in [0, 0.1) is 0 Å². The van der Waals surface area contributed by atoms with Crippen LogP contribution in [0.1, 0.15) is 23.3 Å². The summed E-state index contributed by atoms with van der Waals surface area (Å²) < 4.78 is 10.7. The number of rotatable bonds is 4. The van der Waals surface area contributed by atoms with Crippen molar-refractivity contribution in [2.45, 2.75) is 18.9 Å². The highest BCUT2D eigenvalue weighted by Crippen LogP contribution is 2.36. The Labute approximate surface area is 144 Å². The van der Waals surface area contributed by atoms with Gasteiger partial charge >= 0.3 is 0 Å². The van der Waals surface area contributed by atoms with Crippen LogP contribution in [0.3, 0.4) is 0 Å². The first-order chi connectivity index (χ1) is 11.8. The molecule has 2 aromatic rings. The van der Waals surface area contributed by atoms with Gasteiger partial charge in [0.05, 0.1) is 0 Å². The quantitative estimate of drug-likeness (QED) is 0.922. The highest BCUT2D eigenvalue weighted by Gasteiger charge is 2.30. The second-order valence-corrected chi connectivity index (χ2v) is 6.82. The molecule has 7 heteroatoms. The number of nitrogens with zero attached hydrogens (tertiary/aromatic N) is 2. The van der Waals surface area contributed by atoms with E-state index in [0.29, 0.717) is 5.69 Å². The van der Waals surface area contributed by atoms with Crippen LogP contribution in [0.4, 0.5) is 0 Å². The number of nitrogens with one attached hydrogen (secondary N) is 1. The lowest BCUT2D eigenvalue weighted by Gasteiger charge is -2.23. The molecule has 1 N–H and O–H groups in total. The Morgan fingerprint density at radius 3 is 3.17 bits per heavy atom. The Morgan fingerprint density at radius 2 is 2.29 bits per heavy atom. The number of hydrogen-bond acceptors (Lipinski definition) is 6. The number of fused-ring (bicyclic) bond motifs is 1. The number of carbonyl (C=O) groups is 1. The zero-order valence-corrected chi connectivity index (χ0v) is 14.3. The average Bonchev–Trinajstić information content (AvgIpc) is 3.33. The molecular formula is C17H19N3O3S. The Hall–Kier alpha value is -2.12. The van der Waals surface area contributed by atoms with Crippen LogP contribution in [0.2, 0.25) is 0 Å². The molecule has 1 aromatic heterocycles. The van der Waals surface area contributed by atoms with Crippen molar-refractivity contribution >= 4 is 17.2 Å². The number of carbonyl (C=O) groups excluding carboxylic acids is 1. The van der Waals surface area contributed by atoms with E-state index >= 15 is 0 Å². The molecular weight excluding hydrogens is 326 g/mol. The third-order valence-corrected chi connectivity index (χ3v) is 5.31. The van der Waals surface area contributed by atoms with Crippen molar-refractivity contribution in [3.63, 3.8) is 0 Å². The number of aromatic nitrogens is 1. The van der Waals surface area contributed by atoms with Crippen molar-refractivity contribution in [3.05, 3.63) is 29.3 Å². The first-order valence-electron chi connectivity index (χ1n) is 8.07. The molecule has 1 aromatic carbocycles. The third kappa shape index (κ3) is 2.74. The van der Waals surface area contributed by atoms with Gasteiger partial charge in [-0.3, -0.25) is 4.79 Å². The molecule has 0 spiro atoms. The number of thiazole rings is 1. The maximum Gasteiger partial charge on any atom is 0.273 e. The number of amides is 1. The normalized spacial score (nSPS) is 19.0. The predicted molar refractivity (Wildman–Crippen MR) is 91.7 cm³/mol. The minimum atomic E-state index is 0.0241. The SMILES string of the molecule is CNCC1CCCN1C(=O)c1csc(-c2ccc3c(c2)OCO3)n1. The van der Waals surface area contributed by atoms with Gasteiger partial charge in [-0.05, 0) is 38.1 Å².